The Balaban J connectivity index is 3.47. The van der Waals surface area contributed by atoms with Gasteiger partial charge in [-0.3, -0.25) is 0 Å². The van der Waals surface area contributed by atoms with Crippen LogP contribution >= 0.6 is 11.6 Å². The molecule has 0 amide bonds. The Labute approximate surface area is 63.4 Å². The fourth-order valence-electron chi connectivity index (χ4n) is 0.575. The van der Waals surface area contributed by atoms with E-state index in [0.717, 1.165) is 0 Å². The van der Waals surface area contributed by atoms with Crippen LogP contribution in [0, 0.1) is 6.92 Å². The van der Waals surface area contributed by atoms with Crippen LogP contribution in [0.25, 0.3) is 0 Å². The molecule has 0 fully saturated rings. The van der Waals surface area contributed by atoms with Gasteiger partial charge in [0.2, 0.25) is 0 Å². The van der Waals surface area contributed by atoms with Gasteiger partial charge in [-0.15, -0.1) is 11.6 Å². The maximum absolute atomic E-state index is 11.5. The lowest BCUT2D eigenvalue weighted by molar-refractivity contribution is -0.134. The van der Waals surface area contributed by atoms with Crippen molar-refractivity contribution in [2.75, 3.05) is 0 Å². The van der Waals surface area contributed by atoms with Crippen molar-refractivity contribution in [2.24, 2.45) is 0 Å². The molecule has 0 aliphatic carbocycles. The van der Waals surface area contributed by atoms with Gasteiger partial charge < -0.3 is 0 Å². The highest BCUT2D eigenvalue weighted by molar-refractivity contribution is 6.20. The van der Waals surface area contributed by atoms with E-state index in [9.17, 15) is 13.2 Å². The van der Waals surface area contributed by atoms with E-state index < -0.39 is 18.0 Å². The van der Waals surface area contributed by atoms with Crippen molar-refractivity contribution in [3.8, 4) is 0 Å². The molecule has 0 bridgehead atoms. The Morgan fingerprint density at radius 1 is 1.40 bits per heavy atom. The lowest BCUT2D eigenvalue weighted by Crippen LogP contribution is -2.14. The zero-order chi connectivity index (χ0) is 8.20. The SMILES string of the molecule is [CH2]CCC(Cl)CC(F)(F)F. The van der Waals surface area contributed by atoms with Gasteiger partial charge in [0.25, 0.3) is 0 Å². The fraction of sp³-hybridized carbons (Fsp3) is 0.833. The number of hydrogen-bond acceptors (Lipinski definition) is 0. The van der Waals surface area contributed by atoms with Crippen LogP contribution in [0.15, 0.2) is 0 Å². The van der Waals surface area contributed by atoms with Gasteiger partial charge in [0.1, 0.15) is 0 Å². The number of alkyl halides is 4. The topological polar surface area (TPSA) is 0 Å². The summed E-state index contributed by atoms with van der Waals surface area (Å²) < 4.78 is 34.6. The Bertz CT molecular complexity index is 89.5. The van der Waals surface area contributed by atoms with Crippen molar-refractivity contribution in [2.45, 2.75) is 30.8 Å². The van der Waals surface area contributed by atoms with E-state index in [-0.39, 0.29) is 0 Å². The Morgan fingerprint density at radius 3 is 2.20 bits per heavy atom. The molecule has 0 N–H and O–H groups in total. The zero-order valence-corrected chi connectivity index (χ0v) is 6.17. The summed E-state index contributed by atoms with van der Waals surface area (Å²) in [6.07, 6.45) is -4.28. The Hall–Kier alpha value is 0.0800. The first-order valence-corrected chi connectivity index (χ1v) is 3.39. The van der Waals surface area contributed by atoms with E-state index in [1.807, 2.05) is 0 Å². The van der Waals surface area contributed by atoms with Crippen molar-refractivity contribution >= 4 is 11.6 Å². The first kappa shape index (κ1) is 10.1. The molecule has 1 atom stereocenters. The molecular weight excluding hydrogens is 165 g/mol. The first-order chi connectivity index (χ1) is 4.45. The highest BCUT2D eigenvalue weighted by atomic mass is 35.5. The molecule has 0 aliphatic rings. The molecule has 0 rings (SSSR count). The van der Waals surface area contributed by atoms with Gasteiger partial charge in [-0.1, -0.05) is 13.3 Å². The van der Waals surface area contributed by atoms with Gasteiger partial charge in [0, 0.05) is 5.38 Å². The summed E-state index contributed by atoms with van der Waals surface area (Å²) >= 11 is 5.31. The summed E-state index contributed by atoms with van der Waals surface area (Å²) in [7, 11) is 0. The third kappa shape index (κ3) is 6.20. The Kier molecular flexibility index (Phi) is 4.09. The van der Waals surface area contributed by atoms with Gasteiger partial charge in [-0.25, -0.2) is 0 Å². The average Bonchev–Trinajstić information content (AvgIpc) is 1.59. The molecule has 1 unspecified atom stereocenters. The summed E-state index contributed by atoms with van der Waals surface area (Å²) in [5.41, 5.74) is 0. The third-order valence-corrected chi connectivity index (χ3v) is 1.34. The van der Waals surface area contributed by atoms with Crippen molar-refractivity contribution in [1.29, 1.82) is 0 Å². The van der Waals surface area contributed by atoms with E-state index in [1.165, 1.54) is 0 Å². The van der Waals surface area contributed by atoms with Crippen LogP contribution in [0.4, 0.5) is 13.2 Å². The van der Waals surface area contributed by atoms with Crippen LogP contribution in [0.2, 0.25) is 0 Å². The second kappa shape index (κ2) is 4.06. The minimum atomic E-state index is -4.14. The molecule has 0 spiro atoms. The molecule has 0 nitrogen and oxygen atoms in total. The second-order valence-corrected chi connectivity index (χ2v) is 2.68. The fourth-order valence-corrected chi connectivity index (χ4v) is 0.904. The molecule has 0 aromatic carbocycles. The van der Waals surface area contributed by atoms with Crippen LogP contribution in [0.1, 0.15) is 19.3 Å². The summed E-state index contributed by atoms with van der Waals surface area (Å²) in [5.74, 6) is 0. The molecule has 4 heteroatoms. The van der Waals surface area contributed by atoms with E-state index >= 15 is 0 Å². The molecular formula is C6H9ClF3. The van der Waals surface area contributed by atoms with Gasteiger partial charge in [-0.2, -0.15) is 13.2 Å². The lowest BCUT2D eigenvalue weighted by Gasteiger charge is -2.09. The number of hydrogen-bond donors (Lipinski definition) is 0. The summed E-state index contributed by atoms with van der Waals surface area (Å²) in [5, 5.41) is -0.808. The molecule has 0 aliphatic heterocycles. The van der Waals surface area contributed by atoms with Gasteiger partial charge in [-0.05, 0) is 6.42 Å². The standard InChI is InChI=1S/C6H9ClF3/c1-2-3-5(7)4-6(8,9)10/h5H,1-4H2. The molecule has 0 aromatic rings. The predicted octanol–water partition coefficient (Wildman–Crippen LogP) is 3.16. The van der Waals surface area contributed by atoms with E-state index in [1.54, 1.807) is 0 Å². The average molecular weight is 174 g/mol. The van der Waals surface area contributed by atoms with Crippen molar-refractivity contribution in [1.82, 2.24) is 0 Å². The summed E-state index contributed by atoms with van der Waals surface area (Å²) in [6, 6.07) is 0. The minimum absolute atomic E-state index is 0.321. The largest absolute Gasteiger partial charge is 0.390 e. The smallest absolute Gasteiger partial charge is 0.171 e. The molecule has 0 saturated carbocycles. The highest BCUT2D eigenvalue weighted by Gasteiger charge is 2.30. The van der Waals surface area contributed by atoms with Gasteiger partial charge in [0.15, 0.2) is 0 Å². The second-order valence-electron chi connectivity index (χ2n) is 2.06. The van der Waals surface area contributed by atoms with Gasteiger partial charge >= 0.3 is 6.18 Å². The summed E-state index contributed by atoms with van der Waals surface area (Å²) in [4.78, 5) is 0. The van der Waals surface area contributed by atoms with Gasteiger partial charge in [0.05, 0.1) is 6.42 Å². The lowest BCUT2D eigenvalue weighted by atomic mass is 10.2. The van der Waals surface area contributed by atoms with Crippen LogP contribution < -0.4 is 0 Å². The molecule has 0 aromatic heterocycles. The number of halogens is 4. The Morgan fingerprint density at radius 2 is 1.90 bits per heavy atom. The maximum Gasteiger partial charge on any atom is 0.390 e. The highest BCUT2D eigenvalue weighted by Crippen LogP contribution is 2.25. The van der Waals surface area contributed by atoms with E-state index in [2.05, 4.69) is 6.92 Å². The van der Waals surface area contributed by atoms with Crippen molar-refractivity contribution in [3.63, 3.8) is 0 Å². The van der Waals surface area contributed by atoms with Crippen LogP contribution in [-0.4, -0.2) is 11.6 Å². The third-order valence-electron chi connectivity index (χ3n) is 0.970. The van der Waals surface area contributed by atoms with Crippen LogP contribution in [-0.2, 0) is 0 Å². The predicted molar refractivity (Wildman–Crippen MR) is 34.9 cm³/mol. The van der Waals surface area contributed by atoms with E-state index in [0.29, 0.717) is 12.8 Å². The van der Waals surface area contributed by atoms with Crippen molar-refractivity contribution in [3.05, 3.63) is 6.92 Å². The van der Waals surface area contributed by atoms with E-state index in [4.69, 9.17) is 11.6 Å². The molecule has 0 saturated heterocycles. The monoisotopic (exact) mass is 173 g/mol. The minimum Gasteiger partial charge on any atom is -0.171 e. The van der Waals surface area contributed by atoms with Crippen LogP contribution in [0.5, 0.6) is 0 Å². The molecule has 61 valence electrons. The van der Waals surface area contributed by atoms with Crippen molar-refractivity contribution < 1.29 is 13.2 Å². The molecule has 10 heavy (non-hydrogen) atoms. The molecule has 1 radical (unpaired) electrons. The maximum atomic E-state index is 11.5. The zero-order valence-electron chi connectivity index (χ0n) is 5.42. The molecule has 0 heterocycles. The quantitative estimate of drug-likeness (QED) is 0.575. The van der Waals surface area contributed by atoms with Crippen LogP contribution in [0.3, 0.4) is 0 Å². The number of rotatable bonds is 3. The normalized spacial score (nSPS) is 15.3. The first-order valence-electron chi connectivity index (χ1n) is 2.96. The summed E-state index contributed by atoms with van der Waals surface area (Å²) in [6.45, 7) is 3.40.